The van der Waals surface area contributed by atoms with Crippen molar-refractivity contribution < 1.29 is 14.3 Å². The highest BCUT2D eigenvalue weighted by atomic mass is 16.5. The highest BCUT2D eigenvalue weighted by molar-refractivity contribution is 5.94. The standard InChI is InChI=1S/C10H12O3/c1-2-5-13-10(12)9-6-3-4-7(11)8(6)9/h2,6,8-9H,1,3-5H2/t6-,8-,9+/m1/s1. The average molecular weight is 180 g/mol. The third-order valence-electron chi connectivity index (χ3n) is 2.88. The van der Waals surface area contributed by atoms with E-state index in [0.717, 1.165) is 6.42 Å². The van der Waals surface area contributed by atoms with Crippen LogP contribution in [0.4, 0.5) is 0 Å². The summed E-state index contributed by atoms with van der Waals surface area (Å²) in [6, 6.07) is 0. The Morgan fingerprint density at radius 1 is 1.69 bits per heavy atom. The monoisotopic (exact) mass is 180 g/mol. The van der Waals surface area contributed by atoms with E-state index in [2.05, 4.69) is 6.58 Å². The first-order valence-electron chi connectivity index (χ1n) is 4.56. The Morgan fingerprint density at radius 3 is 3.00 bits per heavy atom. The zero-order valence-corrected chi connectivity index (χ0v) is 7.36. The van der Waals surface area contributed by atoms with Gasteiger partial charge >= 0.3 is 5.97 Å². The average Bonchev–Trinajstić information content (AvgIpc) is 2.75. The van der Waals surface area contributed by atoms with Crippen LogP contribution in [0, 0.1) is 17.8 Å². The summed E-state index contributed by atoms with van der Waals surface area (Å²) in [5.74, 6) is 0.192. The lowest BCUT2D eigenvalue weighted by atomic mass is 10.1. The lowest BCUT2D eigenvalue weighted by molar-refractivity contribution is -0.145. The number of rotatable bonds is 3. The first-order chi connectivity index (χ1) is 6.25. The smallest absolute Gasteiger partial charge is 0.310 e. The van der Waals surface area contributed by atoms with Gasteiger partial charge in [-0.25, -0.2) is 0 Å². The van der Waals surface area contributed by atoms with Crippen LogP contribution in [0.5, 0.6) is 0 Å². The first-order valence-corrected chi connectivity index (χ1v) is 4.56. The van der Waals surface area contributed by atoms with Crippen LogP contribution < -0.4 is 0 Å². The van der Waals surface area contributed by atoms with Crippen LogP contribution in [-0.4, -0.2) is 18.4 Å². The summed E-state index contributed by atoms with van der Waals surface area (Å²) in [6.07, 6.45) is 3.07. The van der Waals surface area contributed by atoms with Gasteiger partial charge in [-0.2, -0.15) is 0 Å². The topological polar surface area (TPSA) is 43.4 Å². The Bertz CT molecular complexity index is 269. The molecule has 0 aromatic heterocycles. The number of Topliss-reactive ketones (excluding diaryl/α,β-unsaturated/α-hetero) is 1. The molecule has 3 atom stereocenters. The van der Waals surface area contributed by atoms with Gasteiger partial charge in [0, 0.05) is 12.3 Å². The molecule has 0 aromatic rings. The van der Waals surface area contributed by atoms with Gasteiger partial charge in [-0.15, -0.1) is 0 Å². The molecule has 0 amide bonds. The predicted octanol–water partition coefficient (Wildman–Crippen LogP) is 0.941. The highest BCUT2D eigenvalue weighted by Gasteiger charge is 2.62. The molecule has 2 fully saturated rings. The van der Waals surface area contributed by atoms with E-state index in [4.69, 9.17) is 4.74 Å². The van der Waals surface area contributed by atoms with Crippen LogP contribution in [0.3, 0.4) is 0 Å². The SMILES string of the molecule is C=CCOC(=O)[C@H]1[C@@H]2CCC(=O)[C@@H]21. The van der Waals surface area contributed by atoms with Gasteiger partial charge in [0.2, 0.25) is 0 Å². The van der Waals surface area contributed by atoms with Crippen molar-refractivity contribution >= 4 is 11.8 Å². The minimum Gasteiger partial charge on any atom is -0.461 e. The molecule has 0 radical (unpaired) electrons. The molecule has 2 aliphatic rings. The molecule has 3 nitrogen and oxygen atoms in total. The van der Waals surface area contributed by atoms with Gasteiger partial charge in [0.1, 0.15) is 12.4 Å². The van der Waals surface area contributed by atoms with Crippen LogP contribution in [-0.2, 0) is 14.3 Å². The summed E-state index contributed by atoms with van der Waals surface area (Å²) in [5, 5.41) is 0. The van der Waals surface area contributed by atoms with E-state index in [1.807, 2.05) is 0 Å². The number of ketones is 1. The van der Waals surface area contributed by atoms with Crippen molar-refractivity contribution in [3.8, 4) is 0 Å². The highest BCUT2D eigenvalue weighted by Crippen LogP contribution is 2.55. The Kier molecular flexibility index (Phi) is 1.94. The summed E-state index contributed by atoms with van der Waals surface area (Å²) in [5.41, 5.74) is 0. The fourth-order valence-corrected chi connectivity index (χ4v) is 2.21. The molecule has 70 valence electrons. The van der Waals surface area contributed by atoms with E-state index >= 15 is 0 Å². The Hall–Kier alpha value is -1.12. The maximum atomic E-state index is 11.3. The summed E-state index contributed by atoms with van der Waals surface area (Å²) >= 11 is 0. The van der Waals surface area contributed by atoms with Crippen molar-refractivity contribution in [1.82, 2.24) is 0 Å². The van der Waals surface area contributed by atoms with Gasteiger partial charge < -0.3 is 4.74 Å². The van der Waals surface area contributed by atoms with Crippen LogP contribution in [0.25, 0.3) is 0 Å². The molecule has 2 saturated carbocycles. The minimum absolute atomic E-state index is 0.00249. The third-order valence-corrected chi connectivity index (χ3v) is 2.88. The molecule has 3 heteroatoms. The Morgan fingerprint density at radius 2 is 2.46 bits per heavy atom. The van der Waals surface area contributed by atoms with Crippen LogP contribution in [0.2, 0.25) is 0 Å². The molecule has 2 rings (SSSR count). The molecule has 0 spiro atoms. The summed E-state index contributed by atoms with van der Waals surface area (Å²) in [6.45, 7) is 3.71. The third kappa shape index (κ3) is 1.28. The summed E-state index contributed by atoms with van der Waals surface area (Å²) in [4.78, 5) is 22.5. The van der Waals surface area contributed by atoms with E-state index < -0.39 is 0 Å². The van der Waals surface area contributed by atoms with Gasteiger partial charge in [0.15, 0.2) is 0 Å². The maximum Gasteiger partial charge on any atom is 0.310 e. The lowest BCUT2D eigenvalue weighted by Gasteiger charge is -2.02. The number of carbonyl (C=O) groups is 2. The zero-order valence-electron chi connectivity index (χ0n) is 7.36. The van der Waals surface area contributed by atoms with Crippen LogP contribution >= 0.6 is 0 Å². The van der Waals surface area contributed by atoms with E-state index in [9.17, 15) is 9.59 Å². The molecule has 0 N–H and O–H groups in total. The van der Waals surface area contributed by atoms with Gasteiger partial charge in [-0.1, -0.05) is 12.7 Å². The van der Waals surface area contributed by atoms with Crippen molar-refractivity contribution in [2.75, 3.05) is 6.61 Å². The number of hydrogen-bond acceptors (Lipinski definition) is 3. The largest absolute Gasteiger partial charge is 0.461 e. The van der Waals surface area contributed by atoms with Gasteiger partial charge in [0.25, 0.3) is 0 Å². The van der Waals surface area contributed by atoms with Crippen molar-refractivity contribution in [1.29, 1.82) is 0 Å². The van der Waals surface area contributed by atoms with Gasteiger partial charge in [-0.05, 0) is 12.3 Å². The summed E-state index contributed by atoms with van der Waals surface area (Å²) in [7, 11) is 0. The summed E-state index contributed by atoms with van der Waals surface area (Å²) < 4.78 is 4.89. The van der Waals surface area contributed by atoms with Crippen molar-refractivity contribution in [3.05, 3.63) is 12.7 Å². The molecule has 0 aliphatic heterocycles. The van der Waals surface area contributed by atoms with Crippen molar-refractivity contribution in [2.45, 2.75) is 12.8 Å². The molecular weight excluding hydrogens is 168 g/mol. The Labute approximate surface area is 76.8 Å². The fourth-order valence-electron chi connectivity index (χ4n) is 2.21. The minimum atomic E-state index is -0.219. The van der Waals surface area contributed by atoms with Gasteiger partial charge in [-0.3, -0.25) is 9.59 Å². The number of esters is 1. The number of carbonyl (C=O) groups excluding carboxylic acids is 2. The molecular formula is C10H12O3. The van der Waals surface area contributed by atoms with E-state index in [-0.39, 0.29) is 30.2 Å². The number of hydrogen-bond donors (Lipinski definition) is 0. The molecule has 2 aliphatic carbocycles. The van der Waals surface area contributed by atoms with E-state index in [1.54, 1.807) is 0 Å². The maximum absolute atomic E-state index is 11.3. The van der Waals surface area contributed by atoms with Crippen molar-refractivity contribution in [2.24, 2.45) is 17.8 Å². The first kappa shape index (κ1) is 8.48. The number of fused-ring (bicyclic) bond motifs is 1. The Balaban J connectivity index is 1.88. The second-order valence-electron chi connectivity index (χ2n) is 3.64. The molecule has 0 unspecified atom stereocenters. The van der Waals surface area contributed by atoms with Gasteiger partial charge in [0.05, 0.1) is 5.92 Å². The molecule has 13 heavy (non-hydrogen) atoms. The predicted molar refractivity (Wildman–Crippen MR) is 45.9 cm³/mol. The fraction of sp³-hybridized carbons (Fsp3) is 0.600. The zero-order chi connectivity index (χ0) is 9.42. The lowest BCUT2D eigenvalue weighted by Crippen LogP contribution is -2.13. The molecule has 0 saturated heterocycles. The second-order valence-corrected chi connectivity index (χ2v) is 3.64. The van der Waals surface area contributed by atoms with E-state index in [0.29, 0.717) is 12.3 Å². The molecule has 0 aromatic carbocycles. The molecule has 0 heterocycles. The molecule has 0 bridgehead atoms. The van der Waals surface area contributed by atoms with Crippen LogP contribution in [0.15, 0.2) is 12.7 Å². The normalized spacial score (nSPS) is 35.4. The second kappa shape index (κ2) is 2.98. The van der Waals surface area contributed by atoms with Crippen molar-refractivity contribution in [3.63, 3.8) is 0 Å². The van der Waals surface area contributed by atoms with E-state index in [1.165, 1.54) is 6.08 Å². The number of ether oxygens (including phenoxy) is 1. The van der Waals surface area contributed by atoms with Crippen LogP contribution in [0.1, 0.15) is 12.8 Å². The quantitative estimate of drug-likeness (QED) is 0.479.